The molecule has 0 saturated heterocycles. The normalized spacial score (nSPS) is 12.4. The third kappa shape index (κ3) is 3.31. The molecular weight excluding hydrogens is 244 g/mol. The molecule has 1 atom stereocenters. The van der Waals surface area contributed by atoms with E-state index in [9.17, 15) is 0 Å². The first kappa shape index (κ1) is 13.1. The second-order valence-corrected chi connectivity index (χ2v) is 4.89. The number of aromatic nitrogens is 1. The second-order valence-electron chi connectivity index (χ2n) is 4.48. The highest BCUT2D eigenvalue weighted by molar-refractivity contribution is 6.31. The maximum absolute atomic E-state index is 6.07. The Morgan fingerprint density at radius 2 is 1.94 bits per heavy atom. The van der Waals surface area contributed by atoms with Crippen LogP contribution in [0.2, 0.25) is 5.02 Å². The third-order valence-corrected chi connectivity index (χ3v) is 3.37. The molecule has 18 heavy (non-hydrogen) atoms. The molecule has 0 aliphatic heterocycles. The number of halogens is 1. The van der Waals surface area contributed by atoms with Crippen LogP contribution in [-0.4, -0.2) is 4.98 Å². The molecule has 2 aromatic rings. The van der Waals surface area contributed by atoms with E-state index in [1.165, 1.54) is 11.1 Å². The summed E-state index contributed by atoms with van der Waals surface area (Å²) in [5, 5.41) is 4.17. The molecule has 0 spiro atoms. The average Bonchev–Trinajstić information content (AvgIpc) is 2.38. The lowest BCUT2D eigenvalue weighted by Gasteiger charge is -2.15. The zero-order valence-corrected chi connectivity index (χ0v) is 11.4. The van der Waals surface area contributed by atoms with Crippen molar-refractivity contribution in [1.29, 1.82) is 0 Å². The average molecular weight is 261 g/mol. The largest absolute Gasteiger partial charge is 0.306 e. The van der Waals surface area contributed by atoms with Gasteiger partial charge in [0.15, 0.2) is 0 Å². The summed E-state index contributed by atoms with van der Waals surface area (Å²) in [7, 11) is 0. The van der Waals surface area contributed by atoms with Crippen molar-refractivity contribution < 1.29 is 0 Å². The first-order valence-electron chi connectivity index (χ1n) is 6.05. The van der Waals surface area contributed by atoms with Crippen LogP contribution in [0.4, 0.5) is 0 Å². The Kier molecular flexibility index (Phi) is 4.34. The van der Waals surface area contributed by atoms with Gasteiger partial charge in [0.25, 0.3) is 0 Å². The number of nitrogens with one attached hydrogen (secondary N) is 1. The molecule has 0 bridgehead atoms. The van der Waals surface area contributed by atoms with Crippen LogP contribution >= 0.6 is 11.6 Å². The number of hydrogen-bond donors (Lipinski definition) is 1. The molecule has 94 valence electrons. The van der Waals surface area contributed by atoms with Crippen LogP contribution in [0.25, 0.3) is 0 Å². The number of pyridine rings is 1. The van der Waals surface area contributed by atoms with Crippen LogP contribution in [-0.2, 0) is 6.54 Å². The van der Waals surface area contributed by atoms with Gasteiger partial charge in [0.2, 0.25) is 0 Å². The van der Waals surface area contributed by atoms with Crippen molar-refractivity contribution in [2.75, 3.05) is 0 Å². The lowest BCUT2D eigenvalue weighted by atomic mass is 10.1. The minimum atomic E-state index is 0.301. The Morgan fingerprint density at radius 3 is 2.61 bits per heavy atom. The quantitative estimate of drug-likeness (QED) is 0.902. The molecule has 0 aliphatic carbocycles. The summed E-state index contributed by atoms with van der Waals surface area (Å²) < 4.78 is 0. The van der Waals surface area contributed by atoms with Gasteiger partial charge >= 0.3 is 0 Å². The van der Waals surface area contributed by atoms with Crippen LogP contribution in [0.15, 0.2) is 42.7 Å². The van der Waals surface area contributed by atoms with Crippen LogP contribution < -0.4 is 5.32 Å². The van der Waals surface area contributed by atoms with Gasteiger partial charge in [0.1, 0.15) is 0 Å². The fourth-order valence-corrected chi connectivity index (χ4v) is 1.97. The second kappa shape index (κ2) is 5.98. The van der Waals surface area contributed by atoms with Gasteiger partial charge in [-0.15, -0.1) is 0 Å². The summed E-state index contributed by atoms with van der Waals surface area (Å²) in [4.78, 5) is 3.98. The Labute approximate surface area is 113 Å². The van der Waals surface area contributed by atoms with Gasteiger partial charge in [-0.25, -0.2) is 0 Å². The van der Waals surface area contributed by atoms with Gasteiger partial charge < -0.3 is 5.32 Å². The summed E-state index contributed by atoms with van der Waals surface area (Å²) >= 11 is 6.07. The number of nitrogens with zero attached hydrogens (tertiary/aromatic N) is 1. The van der Waals surface area contributed by atoms with Gasteiger partial charge in [-0.05, 0) is 31.0 Å². The Bertz CT molecular complexity index is 508. The van der Waals surface area contributed by atoms with Crippen molar-refractivity contribution in [2.45, 2.75) is 26.4 Å². The fraction of sp³-hybridized carbons (Fsp3) is 0.267. The molecule has 3 heteroatoms. The molecule has 0 amide bonds. The molecule has 1 heterocycles. The topological polar surface area (TPSA) is 24.9 Å². The number of rotatable bonds is 4. The molecule has 0 aliphatic rings. The van der Waals surface area contributed by atoms with E-state index in [-0.39, 0.29) is 0 Å². The molecule has 2 nitrogen and oxygen atoms in total. The van der Waals surface area contributed by atoms with Gasteiger partial charge in [-0.3, -0.25) is 4.98 Å². The van der Waals surface area contributed by atoms with Gasteiger partial charge in [0, 0.05) is 25.0 Å². The van der Waals surface area contributed by atoms with Gasteiger partial charge in [0.05, 0.1) is 5.02 Å². The molecule has 1 aromatic heterocycles. The predicted molar refractivity (Wildman–Crippen MR) is 75.7 cm³/mol. The number of aryl methyl sites for hydroxylation is 1. The van der Waals surface area contributed by atoms with E-state index in [0.717, 1.165) is 12.1 Å². The van der Waals surface area contributed by atoms with Gasteiger partial charge in [-0.1, -0.05) is 41.4 Å². The van der Waals surface area contributed by atoms with Crippen molar-refractivity contribution in [3.63, 3.8) is 0 Å². The van der Waals surface area contributed by atoms with Gasteiger partial charge in [-0.2, -0.15) is 0 Å². The Hall–Kier alpha value is -1.38. The van der Waals surface area contributed by atoms with E-state index in [2.05, 4.69) is 48.4 Å². The SMILES string of the molecule is Cc1ccc([C@@H](C)NCc2ccncc2Cl)cc1. The zero-order chi connectivity index (χ0) is 13.0. The molecule has 1 N–H and O–H groups in total. The first-order chi connectivity index (χ1) is 8.66. The zero-order valence-electron chi connectivity index (χ0n) is 10.7. The maximum Gasteiger partial charge on any atom is 0.0634 e. The monoisotopic (exact) mass is 260 g/mol. The van der Waals surface area contributed by atoms with Crippen molar-refractivity contribution in [1.82, 2.24) is 10.3 Å². The van der Waals surface area contributed by atoms with E-state index >= 15 is 0 Å². The number of benzene rings is 1. The molecule has 0 saturated carbocycles. The molecule has 2 rings (SSSR count). The minimum Gasteiger partial charge on any atom is -0.306 e. The lowest BCUT2D eigenvalue weighted by molar-refractivity contribution is 0.574. The van der Waals surface area contributed by atoms with E-state index in [0.29, 0.717) is 11.1 Å². The maximum atomic E-state index is 6.07. The van der Waals surface area contributed by atoms with Crippen molar-refractivity contribution >= 4 is 11.6 Å². The van der Waals surface area contributed by atoms with Crippen LogP contribution in [0.5, 0.6) is 0 Å². The summed E-state index contributed by atoms with van der Waals surface area (Å²) in [5.74, 6) is 0. The predicted octanol–water partition coefficient (Wildman–Crippen LogP) is 3.89. The van der Waals surface area contributed by atoms with E-state index < -0.39 is 0 Å². The van der Waals surface area contributed by atoms with Crippen LogP contribution in [0.1, 0.15) is 29.7 Å². The molecule has 0 radical (unpaired) electrons. The summed E-state index contributed by atoms with van der Waals surface area (Å²) in [5.41, 5.74) is 3.64. The highest BCUT2D eigenvalue weighted by Crippen LogP contribution is 2.17. The Morgan fingerprint density at radius 1 is 1.22 bits per heavy atom. The minimum absolute atomic E-state index is 0.301. The van der Waals surface area contributed by atoms with E-state index in [1.54, 1.807) is 12.4 Å². The van der Waals surface area contributed by atoms with Crippen molar-refractivity contribution in [2.24, 2.45) is 0 Å². The highest BCUT2D eigenvalue weighted by atomic mass is 35.5. The standard InChI is InChI=1S/C15H17ClN2/c1-11-3-5-13(6-4-11)12(2)18-9-14-7-8-17-10-15(14)16/h3-8,10,12,18H,9H2,1-2H3/t12-/m1/s1. The molecular formula is C15H17ClN2. The molecule has 1 aromatic carbocycles. The highest BCUT2D eigenvalue weighted by Gasteiger charge is 2.06. The fourth-order valence-electron chi connectivity index (χ4n) is 1.78. The van der Waals surface area contributed by atoms with Crippen LogP contribution in [0, 0.1) is 6.92 Å². The number of hydrogen-bond acceptors (Lipinski definition) is 2. The summed E-state index contributed by atoms with van der Waals surface area (Å²) in [6, 6.07) is 10.8. The third-order valence-electron chi connectivity index (χ3n) is 3.03. The van der Waals surface area contributed by atoms with E-state index in [1.807, 2.05) is 6.07 Å². The molecule has 0 fully saturated rings. The molecule has 0 unspecified atom stereocenters. The first-order valence-corrected chi connectivity index (χ1v) is 6.43. The Balaban J connectivity index is 1.98. The van der Waals surface area contributed by atoms with Crippen molar-refractivity contribution in [3.05, 3.63) is 64.4 Å². The van der Waals surface area contributed by atoms with E-state index in [4.69, 9.17) is 11.6 Å². The smallest absolute Gasteiger partial charge is 0.0634 e. The van der Waals surface area contributed by atoms with Crippen LogP contribution in [0.3, 0.4) is 0 Å². The summed E-state index contributed by atoms with van der Waals surface area (Å²) in [6.45, 7) is 4.99. The summed E-state index contributed by atoms with van der Waals surface area (Å²) in [6.07, 6.45) is 3.44. The lowest BCUT2D eigenvalue weighted by Crippen LogP contribution is -2.18. The van der Waals surface area contributed by atoms with Crippen molar-refractivity contribution in [3.8, 4) is 0 Å².